The molecule has 0 aromatic heterocycles. The van der Waals surface area contributed by atoms with Gasteiger partial charge in [-0.25, -0.2) is 0 Å². The van der Waals surface area contributed by atoms with Crippen LogP contribution < -0.4 is 5.32 Å². The van der Waals surface area contributed by atoms with Gasteiger partial charge in [0, 0.05) is 23.5 Å². The van der Waals surface area contributed by atoms with Crippen molar-refractivity contribution in [2.75, 3.05) is 6.54 Å². The van der Waals surface area contributed by atoms with Crippen LogP contribution in [0.5, 0.6) is 0 Å². The maximum atomic E-state index is 12.8. The van der Waals surface area contributed by atoms with Crippen molar-refractivity contribution in [2.45, 2.75) is 32.4 Å². The zero-order valence-corrected chi connectivity index (χ0v) is 14.7. The molecule has 0 saturated carbocycles. The molecule has 2 amide bonds. The molecule has 0 spiro atoms. The van der Waals surface area contributed by atoms with Gasteiger partial charge in [-0.05, 0) is 31.5 Å². The smallest absolute Gasteiger partial charge is 0.322 e. The van der Waals surface area contributed by atoms with Gasteiger partial charge in [0.25, 0.3) is 0 Å². The van der Waals surface area contributed by atoms with Crippen LogP contribution in [-0.2, 0) is 25.7 Å². The summed E-state index contributed by atoms with van der Waals surface area (Å²) in [6.07, 6.45) is 0.0114. The van der Waals surface area contributed by atoms with Gasteiger partial charge in [-0.3, -0.25) is 19.2 Å². The molecule has 2 N–H and O–H groups in total. The Labute approximate surface area is 149 Å². The average molecular weight is 367 g/mol. The zero-order valence-electron chi connectivity index (χ0n) is 13.9. The van der Waals surface area contributed by atoms with E-state index >= 15 is 0 Å². The summed E-state index contributed by atoms with van der Waals surface area (Å²) in [4.78, 5) is 49.2. The Morgan fingerprint density at radius 2 is 1.88 bits per heavy atom. The van der Waals surface area contributed by atoms with Crippen molar-refractivity contribution in [1.29, 1.82) is 0 Å². The molecule has 1 aliphatic rings. The van der Waals surface area contributed by atoms with Crippen molar-refractivity contribution in [1.82, 2.24) is 10.2 Å². The maximum Gasteiger partial charge on any atom is 0.322 e. The second-order valence-electron chi connectivity index (χ2n) is 6.55. The van der Waals surface area contributed by atoms with Crippen molar-refractivity contribution >= 4 is 35.2 Å². The van der Waals surface area contributed by atoms with Gasteiger partial charge in [0.15, 0.2) is 11.7 Å². The van der Waals surface area contributed by atoms with E-state index in [1.807, 2.05) is 0 Å². The fourth-order valence-corrected chi connectivity index (χ4v) is 2.93. The Kier molecular flexibility index (Phi) is 5.47. The number of hydrogen-bond donors (Lipinski definition) is 2. The number of carbonyl (C=O) groups is 4. The summed E-state index contributed by atoms with van der Waals surface area (Å²) in [5.41, 5.74) is 0.0575. The predicted octanol–water partition coefficient (Wildman–Crippen LogP) is 1.24. The van der Waals surface area contributed by atoms with Crippen LogP contribution in [0.25, 0.3) is 0 Å². The number of carbonyl (C=O) groups excluding carboxylic acids is 3. The van der Waals surface area contributed by atoms with Gasteiger partial charge in [0.1, 0.15) is 6.54 Å². The second kappa shape index (κ2) is 7.23. The van der Waals surface area contributed by atoms with Gasteiger partial charge in [-0.15, -0.1) is 0 Å². The van der Waals surface area contributed by atoms with E-state index in [1.165, 1.54) is 4.90 Å². The first-order valence-corrected chi connectivity index (χ1v) is 8.08. The summed E-state index contributed by atoms with van der Waals surface area (Å²) in [6.45, 7) is 3.09. The Balaban J connectivity index is 2.23. The lowest BCUT2D eigenvalue weighted by Crippen LogP contribution is -2.60. The molecule has 1 saturated heterocycles. The van der Waals surface area contributed by atoms with Crippen LogP contribution in [0.15, 0.2) is 24.3 Å². The topological polar surface area (TPSA) is 104 Å². The highest BCUT2D eigenvalue weighted by Gasteiger charge is 2.48. The third kappa shape index (κ3) is 4.36. The summed E-state index contributed by atoms with van der Waals surface area (Å²) in [5, 5.41) is 11.3. The van der Waals surface area contributed by atoms with Crippen molar-refractivity contribution in [3.63, 3.8) is 0 Å². The number of aliphatic carboxylic acids is 1. The zero-order chi connectivity index (χ0) is 18.8. The van der Waals surface area contributed by atoms with Crippen molar-refractivity contribution in [3.05, 3.63) is 34.9 Å². The van der Waals surface area contributed by atoms with Gasteiger partial charge < -0.3 is 15.3 Å². The van der Waals surface area contributed by atoms with Crippen LogP contribution in [-0.4, -0.2) is 45.7 Å². The van der Waals surface area contributed by atoms with E-state index in [2.05, 4.69) is 5.32 Å². The van der Waals surface area contributed by atoms with Gasteiger partial charge >= 0.3 is 5.97 Å². The summed E-state index contributed by atoms with van der Waals surface area (Å²) in [7, 11) is 0. The molecule has 25 heavy (non-hydrogen) atoms. The number of benzene rings is 1. The molecular formula is C17H19ClN2O5. The Bertz CT molecular complexity index is 714. The summed E-state index contributed by atoms with van der Waals surface area (Å²) >= 11 is 5.86. The van der Waals surface area contributed by atoms with Crippen molar-refractivity contribution in [2.24, 2.45) is 5.92 Å². The number of likely N-dealkylation sites (tertiary alicyclic amines) is 1. The minimum absolute atomic E-state index is 0.0114. The van der Waals surface area contributed by atoms with E-state index in [4.69, 9.17) is 16.7 Å². The molecule has 1 atom stereocenters. The SMILES string of the molecule is CC1(C)CC(=O)C(C(=O)NCC(=O)O)C(=O)N1Cc1ccc(Cl)cc1. The van der Waals surface area contributed by atoms with Crippen molar-refractivity contribution in [3.8, 4) is 0 Å². The highest BCUT2D eigenvalue weighted by Crippen LogP contribution is 2.31. The Morgan fingerprint density at radius 3 is 2.44 bits per heavy atom. The fourth-order valence-electron chi connectivity index (χ4n) is 2.80. The number of carboxylic acid groups (broad SMARTS) is 1. The van der Waals surface area contributed by atoms with Crippen LogP contribution in [0.1, 0.15) is 25.8 Å². The van der Waals surface area contributed by atoms with E-state index < -0.39 is 41.6 Å². The standard InChI is InChI=1S/C17H19ClN2O5/c1-17(2)7-12(21)14(15(24)19-8-13(22)23)16(25)20(17)9-10-3-5-11(18)6-4-10/h3-6,14H,7-9H2,1-2H3,(H,19,24)(H,22,23). The van der Waals surface area contributed by atoms with E-state index in [-0.39, 0.29) is 13.0 Å². The highest BCUT2D eigenvalue weighted by atomic mass is 35.5. The van der Waals surface area contributed by atoms with Crippen molar-refractivity contribution < 1.29 is 24.3 Å². The van der Waals surface area contributed by atoms with E-state index in [9.17, 15) is 19.2 Å². The molecule has 1 heterocycles. The summed E-state index contributed by atoms with van der Waals surface area (Å²) in [5.74, 6) is -4.78. The molecular weight excluding hydrogens is 348 g/mol. The van der Waals surface area contributed by atoms with Crippen LogP contribution in [0.2, 0.25) is 5.02 Å². The number of rotatable bonds is 5. The Morgan fingerprint density at radius 1 is 1.28 bits per heavy atom. The number of carboxylic acids is 1. The molecule has 1 fully saturated rings. The number of ketones is 1. The molecule has 0 aliphatic carbocycles. The highest BCUT2D eigenvalue weighted by molar-refractivity contribution is 6.30. The third-order valence-corrected chi connectivity index (χ3v) is 4.35. The Hall–Kier alpha value is -2.41. The molecule has 2 rings (SSSR count). The first-order chi connectivity index (χ1) is 11.6. The molecule has 1 aliphatic heterocycles. The molecule has 1 aromatic rings. The van der Waals surface area contributed by atoms with Gasteiger partial charge in [0.2, 0.25) is 11.8 Å². The molecule has 0 bridgehead atoms. The predicted molar refractivity (Wildman–Crippen MR) is 89.8 cm³/mol. The van der Waals surface area contributed by atoms with E-state index in [0.29, 0.717) is 5.02 Å². The lowest BCUT2D eigenvalue weighted by Gasteiger charge is -2.44. The van der Waals surface area contributed by atoms with Gasteiger partial charge in [-0.1, -0.05) is 23.7 Å². The number of Topliss-reactive ketones (excluding diaryl/α,β-unsaturated/α-hetero) is 1. The largest absolute Gasteiger partial charge is 0.480 e. The van der Waals surface area contributed by atoms with E-state index in [0.717, 1.165) is 5.56 Å². The molecule has 0 radical (unpaired) electrons. The molecule has 7 nitrogen and oxygen atoms in total. The van der Waals surface area contributed by atoms with Crippen LogP contribution in [0.4, 0.5) is 0 Å². The minimum Gasteiger partial charge on any atom is -0.480 e. The average Bonchev–Trinajstić information content (AvgIpc) is 2.50. The quantitative estimate of drug-likeness (QED) is 0.763. The number of halogens is 1. The second-order valence-corrected chi connectivity index (χ2v) is 6.99. The number of hydrogen-bond acceptors (Lipinski definition) is 4. The van der Waals surface area contributed by atoms with Gasteiger partial charge in [0.05, 0.1) is 0 Å². The lowest BCUT2D eigenvalue weighted by atomic mass is 9.82. The minimum atomic E-state index is -1.51. The first-order valence-electron chi connectivity index (χ1n) is 7.70. The van der Waals surface area contributed by atoms with E-state index in [1.54, 1.807) is 38.1 Å². The molecule has 1 aromatic carbocycles. The van der Waals surface area contributed by atoms with Crippen LogP contribution >= 0.6 is 11.6 Å². The molecule has 1 unspecified atom stereocenters. The van der Waals surface area contributed by atoms with Crippen LogP contribution in [0.3, 0.4) is 0 Å². The normalized spacial score (nSPS) is 19.6. The lowest BCUT2D eigenvalue weighted by molar-refractivity contribution is -0.158. The number of nitrogens with zero attached hydrogens (tertiary/aromatic N) is 1. The summed E-state index contributed by atoms with van der Waals surface area (Å²) < 4.78 is 0. The number of nitrogens with one attached hydrogen (secondary N) is 1. The monoisotopic (exact) mass is 366 g/mol. The number of piperidine rings is 1. The summed E-state index contributed by atoms with van der Waals surface area (Å²) in [6, 6.07) is 6.92. The van der Waals surface area contributed by atoms with Crippen LogP contribution in [0, 0.1) is 5.92 Å². The molecule has 8 heteroatoms. The maximum absolute atomic E-state index is 12.8. The fraction of sp³-hybridized carbons (Fsp3) is 0.412. The first kappa shape index (κ1) is 18.9. The van der Waals surface area contributed by atoms with Gasteiger partial charge in [-0.2, -0.15) is 0 Å². The third-order valence-electron chi connectivity index (χ3n) is 4.10. The number of amides is 2. The molecule has 134 valence electrons.